The molecule has 0 bridgehead atoms. The molecule has 9 nitrogen and oxygen atoms in total. The molecule has 2 aromatic rings. The van der Waals surface area contributed by atoms with Crippen molar-refractivity contribution >= 4 is 23.4 Å². The van der Waals surface area contributed by atoms with Gasteiger partial charge in [-0.15, -0.1) is 0 Å². The van der Waals surface area contributed by atoms with Crippen molar-refractivity contribution in [3.05, 3.63) is 41.5 Å². The van der Waals surface area contributed by atoms with E-state index in [1.165, 1.54) is 6.92 Å². The summed E-state index contributed by atoms with van der Waals surface area (Å²) in [7, 11) is 0. The van der Waals surface area contributed by atoms with Gasteiger partial charge < -0.3 is 20.5 Å². The molecule has 1 aromatic carbocycles. The number of rotatable bonds is 9. The third-order valence-corrected chi connectivity index (χ3v) is 6.23. The number of hydrogen-bond acceptors (Lipinski definition) is 6. The Balaban J connectivity index is 1.55. The smallest absolute Gasteiger partial charge is 0.227 e. The van der Waals surface area contributed by atoms with Gasteiger partial charge in [0.15, 0.2) is 5.82 Å². The molecule has 1 unspecified atom stereocenters. The number of nitrogens with one attached hydrogen (secondary N) is 3. The molecule has 1 heterocycles. The average molecular weight is 470 g/mol. The quantitative estimate of drug-likeness (QED) is 0.478. The van der Waals surface area contributed by atoms with E-state index >= 15 is 0 Å². The number of carbonyl (C=O) groups excluding carboxylic acids is 3. The third-order valence-electron chi connectivity index (χ3n) is 6.23. The fourth-order valence-electron chi connectivity index (χ4n) is 4.35. The van der Waals surface area contributed by atoms with Gasteiger partial charge in [0.1, 0.15) is 5.54 Å². The number of hydrogen-bond donors (Lipinski definition) is 3. The van der Waals surface area contributed by atoms with Crippen LogP contribution in [0.3, 0.4) is 0 Å². The molecule has 3 amide bonds. The first-order chi connectivity index (χ1) is 16.3. The molecule has 3 N–H and O–H groups in total. The third kappa shape index (κ3) is 6.88. The number of anilines is 1. The van der Waals surface area contributed by atoms with Gasteiger partial charge in [-0.1, -0.05) is 49.9 Å². The maximum atomic E-state index is 12.5. The predicted molar refractivity (Wildman–Crippen MR) is 128 cm³/mol. The van der Waals surface area contributed by atoms with E-state index in [2.05, 4.69) is 26.1 Å². The second kappa shape index (κ2) is 11.8. The minimum atomic E-state index is -0.594. The predicted octanol–water partition coefficient (Wildman–Crippen LogP) is 3.91. The summed E-state index contributed by atoms with van der Waals surface area (Å²) >= 11 is 0. The Hall–Kier alpha value is -3.23. The molecule has 0 spiro atoms. The number of aromatic nitrogens is 2. The Bertz CT molecular complexity index is 977. The fraction of sp³-hybridized carbons (Fsp3) is 0.560. The van der Waals surface area contributed by atoms with Crippen LogP contribution in [0, 0.1) is 0 Å². The van der Waals surface area contributed by atoms with Gasteiger partial charge in [0, 0.05) is 31.9 Å². The topological polar surface area (TPSA) is 126 Å². The fourth-order valence-corrected chi connectivity index (χ4v) is 4.35. The van der Waals surface area contributed by atoms with Gasteiger partial charge in [0.2, 0.25) is 23.6 Å². The van der Waals surface area contributed by atoms with Crippen molar-refractivity contribution in [1.82, 2.24) is 20.8 Å². The van der Waals surface area contributed by atoms with E-state index in [4.69, 9.17) is 4.52 Å². The van der Waals surface area contributed by atoms with Crippen LogP contribution in [-0.2, 0) is 26.3 Å². The lowest BCUT2D eigenvalue weighted by atomic mass is 9.89. The van der Waals surface area contributed by atoms with Crippen LogP contribution in [0.2, 0.25) is 0 Å². The largest absolute Gasteiger partial charge is 0.350 e. The van der Waals surface area contributed by atoms with Gasteiger partial charge in [-0.25, -0.2) is 0 Å². The van der Waals surface area contributed by atoms with Crippen molar-refractivity contribution in [3.8, 4) is 0 Å². The summed E-state index contributed by atoms with van der Waals surface area (Å²) in [6, 6.07) is 7.23. The average Bonchev–Trinajstić information content (AvgIpc) is 3.17. The lowest BCUT2D eigenvalue weighted by Crippen LogP contribution is -2.45. The lowest BCUT2D eigenvalue weighted by Gasteiger charge is -2.30. The SMILES string of the molecule is CCC(=O)Nc1ccc(C(C)NC(=O)CCc2nc(C3(NC(C)=O)CCCCCC3)no2)cc1. The molecule has 1 aliphatic rings. The van der Waals surface area contributed by atoms with Crippen LogP contribution in [0.4, 0.5) is 5.69 Å². The first-order valence-electron chi connectivity index (χ1n) is 12.1. The zero-order valence-corrected chi connectivity index (χ0v) is 20.3. The van der Waals surface area contributed by atoms with E-state index in [1.807, 2.05) is 31.2 Å². The van der Waals surface area contributed by atoms with Crippen LogP contribution in [0.15, 0.2) is 28.8 Å². The minimum absolute atomic E-state index is 0.0414. The Morgan fingerprint density at radius 3 is 2.35 bits per heavy atom. The normalized spacial score (nSPS) is 16.2. The maximum Gasteiger partial charge on any atom is 0.227 e. The number of carbonyl (C=O) groups is 3. The summed E-state index contributed by atoms with van der Waals surface area (Å²) in [5.41, 5.74) is 1.07. The van der Waals surface area contributed by atoms with E-state index in [9.17, 15) is 14.4 Å². The zero-order valence-electron chi connectivity index (χ0n) is 20.3. The summed E-state index contributed by atoms with van der Waals surface area (Å²) in [6.45, 7) is 5.22. The molecular weight excluding hydrogens is 434 g/mol. The van der Waals surface area contributed by atoms with Gasteiger partial charge in [-0.3, -0.25) is 14.4 Å². The zero-order chi connectivity index (χ0) is 24.6. The highest BCUT2D eigenvalue weighted by Crippen LogP contribution is 2.34. The summed E-state index contributed by atoms with van der Waals surface area (Å²) in [5, 5.41) is 13.0. The first-order valence-corrected chi connectivity index (χ1v) is 12.1. The van der Waals surface area contributed by atoms with E-state index in [0.717, 1.165) is 49.8 Å². The molecule has 1 atom stereocenters. The van der Waals surface area contributed by atoms with Crippen molar-refractivity contribution < 1.29 is 18.9 Å². The van der Waals surface area contributed by atoms with Crippen molar-refractivity contribution in [1.29, 1.82) is 0 Å². The highest BCUT2D eigenvalue weighted by molar-refractivity contribution is 5.90. The van der Waals surface area contributed by atoms with Crippen LogP contribution in [0.5, 0.6) is 0 Å². The first kappa shape index (κ1) is 25.4. The molecule has 1 aliphatic carbocycles. The highest BCUT2D eigenvalue weighted by atomic mass is 16.5. The Labute approximate surface area is 200 Å². The molecule has 3 rings (SSSR count). The number of nitrogens with zero attached hydrogens (tertiary/aromatic N) is 2. The van der Waals surface area contributed by atoms with Crippen molar-refractivity contribution in [3.63, 3.8) is 0 Å². The molecule has 1 saturated carbocycles. The summed E-state index contributed by atoms with van der Waals surface area (Å²) in [5.74, 6) is 0.621. The molecule has 9 heteroatoms. The Morgan fingerprint density at radius 1 is 1.06 bits per heavy atom. The van der Waals surface area contributed by atoms with Crippen LogP contribution in [0.1, 0.15) is 95.5 Å². The summed E-state index contributed by atoms with van der Waals surface area (Å²) < 4.78 is 5.43. The molecule has 1 aromatic heterocycles. The molecule has 0 radical (unpaired) electrons. The number of benzene rings is 1. The number of amides is 3. The van der Waals surface area contributed by atoms with Gasteiger partial charge in [0.05, 0.1) is 6.04 Å². The molecule has 184 valence electrons. The lowest BCUT2D eigenvalue weighted by molar-refractivity contribution is -0.122. The van der Waals surface area contributed by atoms with Gasteiger partial charge in [0.25, 0.3) is 0 Å². The molecule has 0 aliphatic heterocycles. The van der Waals surface area contributed by atoms with Crippen LogP contribution >= 0.6 is 0 Å². The van der Waals surface area contributed by atoms with Crippen LogP contribution < -0.4 is 16.0 Å². The minimum Gasteiger partial charge on any atom is -0.350 e. The van der Waals surface area contributed by atoms with E-state index < -0.39 is 5.54 Å². The van der Waals surface area contributed by atoms with E-state index in [-0.39, 0.29) is 30.2 Å². The van der Waals surface area contributed by atoms with Gasteiger partial charge >= 0.3 is 0 Å². The standard InChI is InChI=1S/C25H35N5O4/c1-4-21(32)27-20-11-9-19(10-12-20)17(2)26-22(33)13-14-23-28-24(30-34-23)25(29-18(3)31)15-7-5-6-8-16-25/h9-12,17H,4-8,13-16H2,1-3H3,(H,26,33)(H,27,32)(H,29,31). The number of aryl methyl sites for hydroxylation is 1. The molecule has 34 heavy (non-hydrogen) atoms. The monoisotopic (exact) mass is 469 g/mol. The second-order valence-corrected chi connectivity index (χ2v) is 9.00. The Morgan fingerprint density at radius 2 is 1.74 bits per heavy atom. The van der Waals surface area contributed by atoms with E-state index in [1.54, 1.807) is 6.92 Å². The van der Waals surface area contributed by atoms with Crippen LogP contribution in [0.25, 0.3) is 0 Å². The van der Waals surface area contributed by atoms with Crippen molar-refractivity contribution in [2.45, 2.75) is 90.1 Å². The molecular formula is C25H35N5O4. The van der Waals surface area contributed by atoms with Crippen LogP contribution in [-0.4, -0.2) is 27.9 Å². The molecule has 1 fully saturated rings. The van der Waals surface area contributed by atoms with Gasteiger partial charge in [-0.2, -0.15) is 4.98 Å². The van der Waals surface area contributed by atoms with Crippen molar-refractivity contribution in [2.24, 2.45) is 0 Å². The summed E-state index contributed by atoms with van der Waals surface area (Å²) in [4.78, 5) is 40.4. The Kier molecular flexibility index (Phi) is 8.79. The molecule has 0 saturated heterocycles. The maximum absolute atomic E-state index is 12.5. The highest BCUT2D eigenvalue weighted by Gasteiger charge is 2.38. The van der Waals surface area contributed by atoms with Gasteiger partial charge in [-0.05, 0) is 37.5 Å². The van der Waals surface area contributed by atoms with E-state index in [0.29, 0.717) is 24.6 Å². The summed E-state index contributed by atoms with van der Waals surface area (Å²) in [6.07, 6.45) is 6.76. The van der Waals surface area contributed by atoms with Crippen molar-refractivity contribution in [2.75, 3.05) is 5.32 Å². The second-order valence-electron chi connectivity index (χ2n) is 9.00.